The van der Waals surface area contributed by atoms with Gasteiger partial charge in [-0.15, -0.1) is 0 Å². The molecule has 5 heteroatoms. The molecule has 22 heavy (non-hydrogen) atoms. The number of hydrogen-bond donors (Lipinski definition) is 0. The van der Waals surface area contributed by atoms with Gasteiger partial charge >= 0.3 is 6.18 Å². The molecule has 0 radical (unpaired) electrons. The number of carbonyl (C=O) groups excluding carboxylic acids is 1. The van der Waals surface area contributed by atoms with Gasteiger partial charge in [0.2, 0.25) is 0 Å². The van der Waals surface area contributed by atoms with E-state index in [9.17, 15) is 18.0 Å². The number of rotatable bonds is 4. The van der Waals surface area contributed by atoms with Crippen molar-refractivity contribution in [2.24, 2.45) is 0 Å². The van der Waals surface area contributed by atoms with Crippen molar-refractivity contribution < 1.29 is 22.7 Å². The summed E-state index contributed by atoms with van der Waals surface area (Å²) in [5, 5.41) is 0. The van der Waals surface area contributed by atoms with Crippen molar-refractivity contribution in [2.45, 2.75) is 6.18 Å². The molecule has 114 valence electrons. The summed E-state index contributed by atoms with van der Waals surface area (Å²) in [6, 6.07) is 12.6. The highest BCUT2D eigenvalue weighted by Crippen LogP contribution is 2.22. The summed E-state index contributed by atoms with van der Waals surface area (Å²) in [6.07, 6.45) is -1.27. The molecule has 0 aliphatic heterocycles. The average molecular weight is 306 g/mol. The molecule has 0 atom stereocenters. The average Bonchev–Trinajstić information content (AvgIpc) is 2.52. The fourth-order valence-electron chi connectivity index (χ4n) is 1.82. The first-order chi connectivity index (χ1) is 10.4. The highest BCUT2D eigenvalue weighted by Gasteiger charge is 2.38. The molecule has 0 aliphatic rings. The predicted octanol–water partition coefficient (Wildman–Crippen LogP) is 4.61. The Hall–Kier alpha value is -2.56. The number of benzene rings is 2. The lowest BCUT2D eigenvalue weighted by Crippen LogP contribution is -2.22. The summed E-state index contributed by atoms with van der Waals surface area (Å²) in [5.74, 6) is -1.09. The number of carbonyl (C=O) groups is 1. The van der Waals surface area contributed by atoms with Crippen LogP contribution in [0.1, 0.15) is 21.5 Å². The zero-order chi connectivity index (χ0) is 16.2. The summed E-state index contributed by atoms with van der Waals surface area (Å²) in [5.41, 5.74) is 1.26. The van der Waals surface area contributed by atoms with Gasteiger partial charge in [-0.1, -0.05) is 48.6 Å². The number of ketones is 1. The second kappa shape index (κ2) is 6.47. The fraction of sp³-hybridized carbons (Fsp3) is 0.118. The standard InChI is InChI=1S/C17H13F3O2/c1-22-15-10-6-13(7-11-15)3-2-12-4-8-14(9-5-12)16(21)17(18,19)20/h2-11H,1H3/b3-2+. The summed E-state index contributed by atoms with van der Waals surface area (Å²) in [4.78, 5) is 11.1. The van der Waals surface area contributed by atoms with Gasteiger partial charge in [0.15, 0.2) is 0 Å². The van der Waals surface area contributed by atoms with Crippen molar-refractivity contribution >= 4 is 17.9 Å². The SMILES string of the molecule is COc1ccc(/C=C/c2ccc(C(=O)C(F)(F)F)cc2)cc1. The highest BCUT2D eigenvalue weighted by molar-refractivity contribution is 6.00. The number of hydrogen-bond acceptors (Lipinski definition) is 2. The molecular formula is C17H13F3O2. The van der Waals surface area contributed by atoms with Crippen molar-refractivity contribution in [3.8, 4) is 5.75 Å². The van der Waals surface area contributed by atoms with Crippen LogP contribution in [0, 0.1) is 0 Å². The van der Waals surface area contributed by atoms with Gasteiger partial charge in [-0.2, -0.15) is 13.2 Å². The molecule has 0 amide bonds. The summed E-state index contributed by atoms with van der Waals surface area (Å²) in [6.45, 7) is 0. The summed E-state index contributed by atoms with van der Waals surface area (Å²) < 4.78 is 41.9. The van der Waals surface area contributed by atoms with Gasteiger partial charge in [-0.3, -0.25) is 4.79 Å². The molecule has 0 spiro atoms. The summed E-state index contributed by atoms with van der Waals surface area (Å²) in [7, 11) is 1.58. The molecule has 0 fully saturated rings. The van der Waals surface area contributed by atoms with Gasteiger partial charge < -0.3 is 4.74 Å². The lowest BCUT2D eigenvalue weighted by atomic mass is 10.1. The van der Waals surface area contributed by atoms with Gasteiger partial charge in [0.05, 0.1) is 7.11 Å². The minimum atomic E-state index is -4.85. The largest absolute Gasteiger partial charge is 0.497 e. The smallest absolute Gasteiger partial charge is 0.454 e. The van der Waals surface area contributed by atoms with Crippen molar-refractivity contribution in [1.29, 1.82) is 0 Å². The molecule has 0 N–H and O–H groups in total. The van der Waals surface area contributed by atoms with Crippen molar-refractivity contribution in [3.63, 3.8) is 0 Å². The van der Waals surface area contributed by atoms with Crippen LogP contribution < -0.4 is 4.74 Å². The molecule has 0 saturated carbocycles. The molecule has 0 saturated heterocycles. The third-order valence-corrected chi connectivity index (χ3v) is 3.01. The molecule has 0 heterocycles. The van der Waals surface area contributed by atoms with Crippen LogP contribution >= 0.6 is 0 Å². The third kappa shape index (κ3) is 3.97. The van der Waals surface area contributed by atoms with E-state index in [1.165, 1.54) is 24.3 Å². The third-order valence-electron chi connectivity index (χ3n) is 3.01. The van der Waals surface area contributed by atoms with Gasteiger partial charge in [0.25, 0.3) is 5.78 Å². The minimum absolute atomic E-state index is 0.367. The van der Waals surface area contributed by atoms with Gasteiger partial charge in [-0.25, -0.2) is 0 Å². The summed E-state index contributed by atoms with van der Waals surface area (Å²) >= 11 is 0. The van der Waals surface area contributed by atoms with Gasteiger partial charge in [0, 0.05) is 5.56 Å². The molecule has 2 nitrogen and oxygen atoms in total. The van der Waals surface area contributed by atoms with Crippen LogP contribution in [-0.4, -0.2) is 19.1 Å². The van der Waals surface area contributed by atoms with E-state index in [1.807, 2.05) is 30.3 Å². The second-order valence-corrected chi connectivity index (χ2v) is 4.56. The van der Waals surface area contributed by atoms with Crippen LogP contribution in [-0.2, 0) is 0 Å². The number of alkyl halides is 3. The number of methoxy groups -OCH3 is 1. The van der Waals surface area contributed by atoms with Crippen LogP contribution in [0.2, 0.25) is 0 Å². The van der Waals surface area contributed by atoms with E-state index in [4.69, 9.17) is 4.74 Å². The maximum atomic E-state index is 12.3. The predicted molar refractivity (Wildman–Crippen MR) is 78.7 cm³/mol. The van der Waals surface area contributed by atoms with Gasteiger partial charge in [0.1, 0.15) is 5.75 Å². The number of ether oxygens (including phenoxy) is 1. The van der Waals surface area contributed by atoms with Crippen molar-refractivity contribution in [3.05, 3.63) is 65.2 Å². The molecule has 2 aromatic rings. The molecule has 0 aliphatic carbocycles. The van der Waals surface area contributed by atoms with E-state index >= 15 is 0 Å². The molecular weight excluding hydrogens is 293 g/mol. The maximum Gasteiger partial charge on any atom is 0.454 e. The molecule has 0 unspecified atom stereocenters. The van der Waals surface area contributed by atoms with E-state index in [2.05, 4.69) is 0 Å². The number of Topliss-reactive ketones (excluding diaryl/α,β-unsaturated/α-hetero) is 1. The van der Waals surface area contributed by atoms with E-state index in [0.717, 1.165) is 11.3 Å². The Morgan fingerprint density at radius 1 is 0.909 bits per heavy atom. The van der Waals surface area contributed by atoms with Crippen LogP contribution in [0.4, 0.5) is 13.2 Å². The molecule has 0 bridgehead atoms. The minimum Gasteiger partial charge on any atom is -0.497 e. The topological polar surface area (TPSA) is 26.3 Å². The Morgan fingerprint density at radius 3 is 1.77 bits per heavy atom. The Labute approximate surface area is 125 Å². The Balaban J connectivity index is 2.10. The number of halogens is 3. The molecule has 2 aromatic carbocycles. The van der Waals surface area contributed by atoms with Crippen LogP contribution in [0.15, 0.2) is 48.5 Å². The van der Waals surface area contributed by atoms with Crippen LogP contribution in [0.3, 0.4) is 0 Å². The zero-order valence-electron chi connectivity index (χ0n) is 11.7. The van der Waals surface area contributed by atoms with Gasteiger partial charge in [-0.05, 0) is 23.3 Å². The van der Waals surface area contributed by atoms with E-state index in [0.29, 0.717) is 5.56 Å². The maximum absolute atomic E-state index is 12.3. The second-order valence-electron chi connectivity index (χ2n) is 4.56. The van der Waals surface area contributed by atoms with E-state index in [1.54, 1.807) is 13.2 Å². The van der Waals surface area contributed by atoms with Crippen molar-refractivity contribution in [2.75, 3.05) is 7.11 Å². The molecule has 0 aromatic heterocycles. The quantitative estimate of drug-likeness (QED) is 0.609. The lowest BCUT2D eigenvalue weighted by molar-refractivity contribution is -0.0885. The Kier molecular flexibility index (Phi) is 4.65. The first kappa shape index (κ1) is 15.8. The molecule has 2 rings (SSSR count). The lowest BCUT2D eigenvalue weighted by Gasteiger charge is -2.05. The van der Waals surface area contributed by atoms with Crippen LogP contribution in [0.25, 0.3) is 12.2 Å². The normalized spacial score (nSPS) is 11.6. The van der Waals surface area contributed by atoms with Crippen LogP contribution in [0.5, 0.6) is 5.75 Å². The van der Waals surface area contributed by atoms with E-state index < -0.39 is 12.0 Å². The first-order valence-electron chi connectivity index (χ1n) is 6.44. The fourth-order valence-corrected chi connectivity index (χ4v) is 1.82. The van der Waals surface area contributed by atoms with E-state index in [-0.39, 0.29) is 5.56 Å². The van der Waals surface area contributed by atoms with Crippen molar-refractivity contribution in [1.82, 2.24) is 0 Å². The monoisotopic (exact) mass is 306 g/mol. The Morgan fingerprint density at radius 2 is 1.36 bits per heavy atom. The Bertz CT molecular complexity index is 669. The highest BCUT2D eigenvalue weighted by atomic mass is 19.4. The zero-order valence-corrected chi connectivity index (χ0v) is 11.7. The first-order valence-corrected chi connectivity index (χ1v) is 6.44.